The van der Waals surface area contributed by atoms with Crippen LogP contribution in [0.1, 0.15) is 15.9 Å². The van der Waals surface area contributed by atoms with E-state index in [2.05, 4.69) is 0 Å². The van der Waals surface area contributed by atoms with Crippen LogP contribution in [0.5, 0.6) is 0 Å². The Morgan fingerprint density at radius 2 is 2.20 bits per heavy atom. The summed E-state index contributed by atoms with van der Waals surface area (Å²) < 4.78 is 0.290. The number of halogens is 2. The zero-order chi connectivity index (χ0) is 11.6. The molecular weight excluding hydrogens is 334 g/mol. The Morgan fingerprint density at radius 1 is 1.60 bits per heavy atom. The van der Waals surface area contributed by atoms with E-state index in [1.165, 1.54) is 6.07 Å². The normalized spacial score (nSPS) is 9.40. The summed E-state index contributed by atoms with van der Waals surface area (Å²) in [7, 11) is 0. The number of benzene rings is 1. The van der Waals surface area contributed by atoms with E-state index in [1.54, 1.807) is 28.7 Å². The standard InChI is InChI=1S/C8H2ClIN2O3/c9-8(13)7-4(3-11)1-5(12(14)15)2-6(7)10/h1-2H. The van der Waals surface area contributed by atoms with Crippen LogP contribution in [-0.4, -0.2) is 10.2 Å². The molecule has 0 atom stereocenters. The van der Waals surface area contributed by atoms with Gasteiger partial charge in [-0.3, -0.25) is 14.9 Å². The molecule has 0 unspecified atom stereocenters. The molecule has 0 aliphatic heterocycles. The molecule has 0 heterocycles. The third kappa shape index (κ3) is 2.43. The maximum Gasteiger partial charge on any atom is 0.271 e. The van der Waals surface area contributed by atoms with E-state index in [1.807, 2.05) is 0 Å². The fourth-order valence-electron chi connectivity index (χ4n) is 0.986. The first-order valence-electron chi connectivity index (χ1n) is 3.55. The third-order valence-corrected chi connectivity index (χ3v) is 2.64. The molecule has 0 aliphatic carbocycles. The van der Waals surface area contributed by atoms with E-state index in [-0.39, 0.29) is 16.8 Å². The summed E-state index contributed by atoms with van der Waals surface area (Å²) in [5, 5.41) is 18.4. The Labute approximate surface area is 103 Å². The van der Waals surface area contributed by atoms with Gasteiger partial charge in [-0.15, -0.1) is 0 Å². The second kappa shape index (κ2) is 4.55. The number of carbonyl (C=O) groups is 1. The molecule has 0 spiro atoms. The number of rotatable bonds is 2. The van der Waals surface area contributed by atoms with E-state index in [9.17, 15) is 14.9 Å². The monoisotopic (exact) mass is 336 g/mol. The van der Waals surface area contributed by atoms with Gasteiger partial charge in [-0.25, -0.2) is 0 Å². The smallest absolute Gasteiger partial charge is 0.271 e. The predicted octanol–water partition coefficient (Wildman–Crippen LogP) is 2.45. The Kier molecular flexibility index (Phi) is 3.60. The molecule has 1 aromatic carbocycles. The maximum absolute atomic E-state index is 11.0. The van der Waals surface area contributed by atoms with Crippen LogP contribution in [0.15, 0.2) is 12.1 Å². The van der Waals surface area contributed by atoms with Gasteiger partial charge in [0.25, 0.3) is 10.9 Å². The van der Waals surface area contributed by atoms with E-state index in [0.717, 1.165) is 6.07 Å². The van der Waals surface area contributed by atoms with Crippen molar-refractivity contribution in [3.63, 3.8) is 0 Å². The lowest BCUT2D eigenvalue weighted by Crippen LogP contribution is -2.00. The van der Waals surface area contributed by atoms with Crippen LogP contribution in [0.25, 0.3) is 0 Å². The minimum Gasteiger partial charge on any atom is -0.276 e. The summed E-state index contributed by atoms with van der Waals surface area (Å²) in [6.45, 7) is 0. The molecule has 0 radical (unpaired) electrons. The van der Waals surface area contributed by atoms with Crippen LogP contribution in [0.4, 0.5) is 5.69 Å². The quantitative estimate of drug-likeness (QED) is 0.359. The summed E-state index contributed by atoms with van der Waals surface area (Å²) in [4.78, 5) is 20.8. The minimum atomic E-state index is -0.800. The van der Waals surface area contributed by atoms with Crippen LogP contribution >= 0.6 is 34.2 Å². The molecule has 0 N–H and O–H groups in total. The van der Waals surface area contributed by atoms with Crippen LogP contribution in [0.2, 0.25) is 0 Å². The van der Waals surface area contributed by atoms with Crippen molar-refractivity contribution in [1.29, 1.82) is 5.26 Å². The van der Waals surface area contributed by atoms with Crippen molar-refractivity contribution < 1.29 is 9.72 Å². The van der Waals surface area contributed by atoms with E-state index in [0.29, 0.717) is 3.57 Å². The average Bonchev–Trinajstić information content (AvgIpc) is 2.15. The number of nitriles is 1. The molecule has 7 heteroatoms. The van der Waals surface area contributed by atoms with Crippen molar-refractivity contribution >= 4 is 45.1 Å². The maximum atomic E-state index is 11.0. The molecule has 0 aromatic heterocycles. The predicted molar refractivity (Wildman–Crippen MR) is 60.7 cm³/mol. The lowest BCUT2D eigenvalue weighted by Gasteiger charge is -2.01. The molecular formula is C8H2ClIN2O3. The van der Waals surface area contributed by atoms with Gasteiger partial charge in [0, 0.05) is 15.7 Å². The largest absolute Gasteiger partial charge is 0.276 e. The number of nitro benzene ring substituents is 1. The first kappa shape index (κ1) is 11.9. The zero-order valence-electron chi connectivity index (χ0n) is 7.03. The number of hydrogen-bond donors (Lipinski definition) is 0. The van der Waals surface area contributed by atoms with Gasteiger partial charge < -0.3 is 0 Å². The second-order valence-electron chi connectivity index (χ2n) is 2.49. The second-order valence-corrected chi connectivity index (χ2v) is 4.00. The van der Waals surface area contributed by atoms with E-state index >= 15 is 0 Å². The minimum absolute atomic E-state index is 0.00497. The lowest BCUT2D eigenvalue weighted by molar-refractivity contribution is -0.385. The van der Waals surface area contributed by atoms with Gasteiger partial charge in [0.05, 0.1) is 16.1 Å². The van der Waals surface area contributed by atoms with E-state index in [4.69, 9.17) is 16.9 Å². The summed E-state index contributed by atoms with van der Waals surface area (Å²) in [6, 6.07) is 3.92. The van der Waals surface area contributed by atoms with Crippen molar-refractivity contribution in [3.8, 4) is 6.07 Å². The van der Waals surface area contributed by atoms with Gasteiger partial charge in [-0.1, -0.05) is 0 Å². The number of nitrogens with zero attached hydrogens (tertiary/aromatic N) is 2. The highest BCUT2D eigenvalue weighted by Gasteiger charge is 2.18. The number of nitro groups is 1. The lowest BCUT2D eigenvalue weighted by atomic mass is 10.1. The highest BCUT2D eigenvalue weighted by molar-refractivity contribution is 14.1. The number of carbonyl (C=O) groups excluding carboxylic acids is 1. The van der Waals surface area contributed by atoms with Crippen molar-refractivity contribution in [2.24, 2.45) is 0 Å². The first-order chi connectivity index (χ1) is 6.97. The molecule has 0 bridgehead atoms. The van der Waals surface area contributed by atoms with Gasteiger partial charge in [-0.2, -0.15) is 5.26 Å². The number of non-ortho nitro benzene ring substituents is 1. The van der Waals surface area contributed by atoms with Gasteiger partial charge in [0.1, 0.15) is 6.07 Å². The average molecular weight is 336 g/mol. The van der Waals surface area contributed by atoms with Gasteiger partial charge in [0.2, 0.25) is 0 Å². The van der Waals surface area contributed by atoms with Crippen molar-refractivity contribution in [1.82, 2.24) is 0 Å². The SMILES string of the molecule is N#Cc1cc([N+](=O)[O-])cc(I)c1C(=O)Cl. The molecule has 0 saturated carbocycles. The molecule has 0 fully saturated rings. The van der Waals surface area contributed by atoms with Gasteiger partial charge in [-0.05, 0) is 34.2 Å². The fourth-order valence-corrected chi connectivity index (χ4v) is 2.20. The van der Waals surface area contributed by atoms with Crippen molar-refractivity contribution in [3.05, 3.63) is 36.9 Å². The topological polar surface area (TPSA) is 84.0 Å². The van der Waals surface area contributed by atoms with Crippen LogP contribution < -0.4 is 0 Å². The Hall–Kier alpha value is -1.20. The fraction of sp³-hybridized carbons (Fsp3) is 0. The first-order valence-corrected chi connectivity index (χ1v) is 5.01. The summed E-state index contributed by atoms with van der Waals surface area (Å²) in [5.74, 6) is 0. The molecule has 0 saturated heterocycles. The highest BCUT2D eigenvalue weighted by atomic mass is 127. The molecule has 15 heavy (non-hydrogen) atoms. The summed E-state index contributed by atoms with van der Waals surface area (Å²) >= 11 is 6.98. The molecule has 0 amide bonds. The molecule has 76 valence electrons. The number of hydrogen-bond acceptors (Lipinski definition) is 4. The summed E-state index contributed by atoms with van der Waals surface area (Å²) in [5.41, 5.74) is -0.323. The Bertz CT molecular complexity index is 495. The molecule has 1 rings (SSSR count). The highest BCUT2D eigenvalue weighted by Crippen LogP contribution is 2.25. The van der Waals surface area contributed by atoms with Gasteiger partial charge >= 0.3 is 0 Å². The Balaban J connectivity index is 3.53. The van der Waals surface area contributed by atoms with Crippen LogP contribution in [0.3, 0.4) is 0 Å². The summed E-state index contributed by atoms with van der Waals surface area (Å²) in [6.07, 6.45) is 0. The van der Waals surface area contributed by atoms with E-state index < -0.39 is 10.2 Å². The molecule has 5 nitrogen and oxygen atoms in total. The van der Waals surface area contributed by atoms with Crippen molar-refractivity contribution in [2.75, 3.05) is 0 Å². The Morgan fingerprint density at radius 3 is 2.60 bits per heavy atom. The van der Waals surface area contributed by atoms with Crippen LogP contribution in [-0.2, 0) is 0 Å². The third-order valence-electron chi connectivity index (χ3n) is 1.60. The zero-order valence-corrected chi connectivity index (χ0v) is 9.94. The van der Waals surface area contributed by atoms with Crippen LogP contribution in [0, 0.1) is 25.0 Å². The molecule has 0 aliphatic rings. The van der Waals surface area contributed by atoms with Crippen molar-refractivity contribution in [2.45, 2.75) is 0 Å². The van der Waals surface area contributed by atoms with Gasteiger partial charge in [0.15, 0.2) is 0 Å². The molecule has 1 aromatic rings.